The molecule has 1 aliphatic rings. The average Bonchev–Trinajstić information content (AvgIpc) is 3.52. The Labute approximate surface area is 230 Å². The molecule has 0 fully saturated rings. The molecule has 40 heavy (non-hydrogen) atoms. The van der Waals surface area contributed by atoms with Gasteiger partial charge in [-0.1, -0.05) is 78.0 Å². The topological polar surface area (TPSA) is 84.7 Å². The monoisotopic (exact) mass is 523 g/mol. The lowest BCUT2D eigenvalue weighted by molar-refractivity contribution is 0.400. The SMILES string of the molecule is Cc1onc(-c2ccccc2)c1-c1nnc2c3cc(C4=CN(CCc5ccccc5)C=CC=N4)ccc3cnn12. The normalized spacial score (nSPS) is 13.2. The Morgan fingerprint density at radius 2 is 1.70 bits per heavy atom. The van der Waals surface area contributed by atoms with Crippen LogP contribution in [0.3, 0.4) is 0 Å². The van der Waals surface area contributed by atoms with E-state index in [-0.39, 0.29) is 0 Å². The molecule has 0 atom stereocenters. The van der Waals surface area contributed by atoms with Gasteiger partial charge >= 0.3 is 0 Å². The van der Waals surface area contributed by atoms with Crippen molar-refractivity contribution in [1.82, 2.24) is 29.9 Å². The largest absolute Gasteiger partial charge is 0.360 e. The smallest absolute Gasteiger partial charge is 0.191 e. The molecular formula is C32H25N7O. The lowest BCUT2D eigenvalue weighted by Crippen LogP contribution is -2.13. The number of rotatable bonds is 6. The van der Waals surface area contributed by atoms with Crippen LogP contribution in [0.2, 0.25) is 0 Å². The summed E-state index contributed by atoms with van der Waals surface area (Å²) in [7, 11) is 0. The molecule has 1 aliphatic heterocycles. The molecule has 0 bridgehead atoms. The van der Waals surface area contributed by atoms with E-state index in [0.717, 1.165) is 46.1 Å². The number of hydrogen-bond acceptors (Lipinski definition) is 7. The van der Waals surface area contributed by atoms with Crippen LogP contribution in [-0.2, 0) is 6.42 Å². The van der Waals surface area contributed by atoms with Crippen molar-refractivity contribution in [3.05, 3.63) is 120 Å². The fraction of sp³-hybridized carbons (Fsp3) is 0.0938. The highest BCUT2D eigenvalue weighted by atomic mass is 16.5. The van der Waals surface area contributed by atoms with E-state index in [1.54, 1.807) is 4.52 Å². The van der Waals surface area contributed by atoms with Gasteiger partial charge in [-0.2, -0.15) is 9.61 Å². The van der Waals surface area contributed by atoms with E-state index in [9.17, 15) is 0 Å². The zero-order valence-electron chi connectivity index (χ0n) is 21.8. The van der Waals surface area contributed by atoms with E-state index in [1.165, 1.54) is 5.56 Å². The molecule has 3 aromatic carbocycles. The van der Waals surface area contributed by atoms with Crippen LogP contribution in [0, 0.1) is 6.92 Å². The van der Waals surface area contributed by atoms with E-state index >= 15 is 0 Å². The van der Waals surface area contributed by atoms with Gasteiger partial charge in [-0.15, -0.1) is 10.2 Å². The van der Waals surface area contributed by atoms with Crippen LogP contribution in [0.25, 0.3) is 44.8 Å². The van der Waals surface area contributed by atoms with Crippen molar-refractivity contribution < 1.29 is 4.52 Å². The maximum atomic E-state index is 5.59. The minimum Gasteiger partial charge on any atom is -0.360 e. The predicted octanol–water partition coefficient (Wildman–Crippen LogP) is 6.35. The molecule has 0 amide bonds. The summed E-state index contributed by atoms with van der Waals surface area (Å²) in [5, 5.41) is 20.0. The zero-order valence-corrected chi connectivity index (χ0v) is 21.8. The van der Waals surface area contributed by atoms with Crippen molar-refractivity contribution in [3.8, 4) is 22.6 Å². The predicted molar refractivity (Wildman–Crippen MR) is 156 cm³/mol. The molecule has 0 saturated heterocycles. The van der Waals surface area contributed by atoms with Gasteiger partial charge in [0.1, 0.15) is 11.5 Å². The van der Waals surface area contributed by atoms with E-state index in [2.05, 4.69) is 80.2 Å². The zero-order chi connectivity index (χ0) is 26.9. The molecule has 194 valence electrons. The molecule has 0 N–H and O–H groups in total. The third kappa shape index (κ3) is 4.35. The first-order chi connectivity index (χ1) is 19.7. The van der Waals surface area contributed by atoms with Gasteiger partial charge < -0.3 is 9.42 Å². The van der Waals surface area contributed by atoms with Crippen LogP contribution >= 0.6 is 0 Å². The third-order valence-electron chi connectivity index (χ3n) is 7.04. The van der Waals surface area contributed by atoms with E-state index in [1.807, 2.05) is 61.8 Å². The van der Waals surface area contributed by atoms with Crippen LogP contribution < -0.4 is 0 Å². The minimum atomic E-state index is 0.586. The molecule has 6 aromatic rings. The fourth-order valence-electron chi connectivity index (χ4n) is 4.98. The minimum absolute atomic E-state index is 0.586. The number of fused-ring (bicyclic) bond motifs is 3. The quantitative estimate of drug-likeness (QED) is 0.253. The van der Waals surface area contributed by atoms with Crippen LogP contribution in [0.1, 0.15) is 16.9 Å². The highest BCUT2D eigenvalue weighted by Gasteiger charge is 2.23. The molecule has 8 nitrogen and oxygen atoms in total. The number of aromatic nitrogens is 5. The Balaban J connectivity index is 1.27. The summed E-state index contributed by atoms with van der Waals surface area (Å²) in [6.07, 6.45) is 10.7. The fourth-order valence-corrected chi connectivity index (χ4v) is 4.98. The number of nitrogens with zero attached hydrogens (tertiary/aromatic N) is 7. The molecule has 4 heterocycles. The van der Waals surface area contributed by atoms with Gasteiger partial charge in [0.15, 0.2) is 11.5 Å². The van der Waals surface area contributed by atoms with Gasteiger partial charge in [0.05, 0.1) is 17.5 Å². The average molecular weight is 524 g/mol. The number of aryl methyl sites for hydroxylation is 1. The first-order valence-electron chi connectivity index (χ1n) is 13.1. The van der Waals surface area contributed by atoms with Crippen molar-refractivity contribution >= 4 is 28.3 Å². The van der Waals surface area contributed by atoms with E-state index < -0.39 is 0 Å². The van der Waals surface area contributed by atoms with Crippen molar-refractivity contribution in [1.29, 1.82) is 0 Å². The molecule has 0 radical (unpaired) electrons. The summed E-state index contributed by atoms with van der Waals surface area (Å²) in [4.78, 5) is 6.89. The van der Waals surface area contributed by atoms with E-state index in [4.69, 9.17) is 9.52 Å². The van der Waals surface area contributed by atoms with Gasteiger partial charge in [-0.3, -0.25) is 4.99 Å². The highest BCUT2D eigenvalue weighted by Crippen LogP contribution is 2.34. The Hall–Kier alpha value is -5.37. The van der Waals surface area contributed by atoms with Gasteiger partial charge in [0.25, 0.3) is 0 Å². The number of allylic oxidation sites excluding steroid dienone is 1. The second-order valence-corrected chi connectivity index (χ2v) is 9.64. The van der Waals surface area contributed by atoms with Crippen LogP contribution in [-0.4, -0.2) is 42.6 Å². The summed E-state index contributed by atoms with van der Waals surface area (Å²) >= 11 is 0. The first kappa shape index (κ1) is 23.7. The maximum Gasteiger partial charge on any atom is 0.191 e. The molecule has 3 aromatic heterocycles. The molecule has 0 unspecified atom stereocenters. The number of aliphatic imine (C=N–C) groups is 1. The Bertz CT molecular complexity index is 1920. The van der Waals surface area contributed by atoms with Crippen LogP contribution in [0.5, 0.6) is 0 Å². The van der Waals surface area contributed by atoms with Crippen LogP contribution in [0.4, 0.5) is 0 Å². The Kier molecular flexibility index (Phi) is 5.97. The molecule has 0 saturated carbocycles. The maximum absolute atomic E-state index is 5.59. The summed E-state index contributed by atoms with van der Waals surface area (Å²) in [6, 6.07) is 26.6. The third-order valence-corrected chi connectivity index (χ3v) is 7.04. The van der Waals surface area contributed by atoms with Gasteiger partial charge in [0.2, 0.25) is 0 Å². The van der Waals surface area contributed by atoms with Crippen molar-refractivity contribution in [3.63, 3.8) is 0 Å². The highest BCUT2D eigenvalue weighted by molar-refractivity contribution is 5.96. The molecular weight excluding hydrogens is 498 g/mol. The van der Waals surface area contributed by atoms with Crippen LogP contribution in [0.15, 0.2) is 113 Å². The summed E-state index contributed by atoms with van der Waals surface area (Å²) in [5.74, 6) is 1.24. The standard InChI is InChI=1S/C32H25N7O/c1-22-29(30(37-40-22)24-11-6-3-7-12-24)32-36-35-31-27-19-25(13-14-26(27)20-34-39(31)32)28-21-38(17-8-16-33-28)18-15-23-9-4-2-5-10-23/h2-14,16-17,19-21H,15,18H2,1H3. The second-order valence-electron chi connectivity index (χ2n) is 9.64. The van der Waals surface area contributed by atoms with Crippen molar-refractivity contribution in [2.75, 3.05) is 6.54 Å². The Morgan fingerprint density at radius 3 is 2.55 bits per heavy atom. The lowest BCUT2D eigenvalue weighted by Gasteiger charge is -2.16. The number of benzene rings is 3. The van der Waals surface area contributed by atoms with Crippen molar-refractivity contribution in [2.45, 2.75) is 13.3 Å². The van der Waals surface area contributed by atoms with Crippen molar-refractivity contribution in [2.24, 2.45) is 4.99 Å². The summed E-state index contributed by atoms with van der Waals surface area (Å²) in [5.41, 5.74) is 6.25. The molecule has 7 rings (SSSR count). The summed E-state index contributed by atoms with van der Waals surface area (Å²) in [6.45, 7) is 2.73. The van der Waals surface area contributed by atoms with Gasteiger partial charge in [-0.25, -0.2) is 0 Å². The molecule has 0 aliphatic carbocycles. The lowest BCUT2D eigenvalue weighted by atomic mass is 10.1. The Morgan fingerprint density at radius 1 is 0.875 bits per heavy atom. The summed E-state index contributed by atoms with van der Waals surface area (Å²) < 4.78 is 7.35. The number of hydrogen-bond donors (Lipinski definition) is 0. The van der Waals surface area contributed by atoms with Gasteiger partial charge in [-0.05, 0) is 31.1 Å². The first-order valence-corrected chi connectivity index (χ1v) is 13.1. The molecule has 8 heteroatoms. The van der Waals surface area contributed by atoms with Gasteiger partial charge in [0, 0.05) is 47.1 Å². The second kappa shape index (κ2) is 10.1. The molecule has 0 spiro atoms. The van der Waals surface area contributed by atoms with E-state index in [0.29, 0.717) is 22.9 Å².